The number of carbonyl (C=O) groups excluding carboxylic acids is 3. The first-order valence-electron chi connectivity index (χ1n) is 13.0. The maximum Gasteiger partial charge on any atom is 0.326 e. The Kier molecular flexibility index (Phi) is 12.5. The first-order chi connectivity index (χ1) is 18.9. The van der Waals surface area contributed by atoms with E-state index in [1.54, 1.807) is 6.20 Å². The second-order valence-electron chi connectivity index (χ2n) is 9.57. The third-order valence-electron chi connectivity index (χ3n) is 6.36. The van der Waals surface area contributed by atoms with Gasteiger partial charge in [-0.2, -0.15) is 0 Å². The van der Waals surface area contributed by atoms with Gasteiger partial charge in [0.25, 0.3) is 0 Å². The monoisotopic (exact) mass is 562 g/mol. The summed E-state index contributed by atoms with van der Waals surface area (Å²) in [4.78, 5) is 64.4. The van der Waals surface area contributed by atoms with Crippen LogP contribution in [0.5, 0.6) is 0 Å². The van der Waals surface area contributed by atoms with Crippen molar-refractivity contribution < 1.29 is 39.3 Å². The number of para-hydroxylation sites is 1. The number of benzene rings is 1. The topological polar surface area (TPSA) is 250 Å². The number of aliphatic hydroxyl groups excluding tert-OH is 1. The number of nitrogens with two attached hydrogens (primary N) is 2. The number of aromatic amines is 1. The lowest BCUT2D eigenvalue weighted by atomic mass is 10.0. The fourth-order valence-corrected chi connectivity index (χ4v) is 4.09. The zero-order chi connectivity index (χ0) is 29.8. The number of carboxylic acid groups (broad SMARTS) is 2. The van der Waals surface area contributed by atoms with Crippen molar-refractivity contribution in [2.75, 3.05) is 6.54 Å². The van der Waals surface area contributed by atoms with E-state index in [1.165, 1.54) is 6.92 Å². The van der Waals surface area contributed by atoms with Crippen LogP contribution in [0.3, 0.4) is 0 Å². The van der Waals surface area contributed by atoms with Gasteiger partial charge in [-0.05, 0) is 50.8 Å². The minimum atomic E-state index is -1.50. The Hall–Kier alpha value is -4.01. The van der Waals surface area contributed by atoms with Crippen LogP contribution in [-0.2, 0) is 30.4 Å². The number of carboxylic acids is 2. The van der Waals surface area contributed by atoms with Crippen LogP contribution < -0.4 is 27.4 Å². The maximum atomic E-state index is 13.2. The van der Waals surface area contributed by atoms with Crippen molar-refractivity contribution in [3.63, 3.8) is 0 Å². The van der Waals surface area contributed by atoms with E-state index in [-0.39, 0.29) is 25.7 Å². The van der Waals surface area contributed by atoms with E-state index in [2.05, 4.69) is 20.9 Å². The highest BCUT2D eigenvalue weighted by atomic mass is 16.4. The fourth-order valence-electron chi connectivity index (χ4n) is 4.09. The quantitative estimate of drug-likeness (QED) is 0.106. The number of aliphatic carboxylic acids is 2. The molecule has 5 atom stereocenters. The molecule has 0 aliphatic rings. The summed E-state index contributed by atoms with van der Waals surface area (Å²) in [7, 11) is 0. The van der Waals surface area contributed by atoms with E-state index >= 15 is 0 Å². The molecule has 14 nitrogen and oxygen atoms in total. The lowest BCUT2D eigenvalue weighted by Gasteiger charge is -2.26. The van der Waals surface area contributed by atoms with E-state index in [0.29, 0.717) is 24.9 Å². The van der Waals surface area contributed by atoms with Crippen LogP contribution in [-0.4, -0.2) is 86.8 Å². The van der Waals surface area contributed by atoms with Crippen LogP contribution in [0.2, 0.25) is 0 Å². The standard InChI is InChI=1S/C26H38N6O8/c1-14(33)22(32-23(36)17(28)9-10-21(34)35)25(38)30-19(8-4-5-11-27)24(37)31-20(26(39)40)12-15-13-29-18-7-3-2-6-16(15)18/h2-3,6-7,13-14,17,19-20,22,29,33H,4-5,8-12,27-28H2,1H3,(H,30,38)(H,31,37)(H,32,36)(H,34,35)(H,39,40). The Balaban J connectivity index is 2.15. The van der Waals surface area contributed by atoms with Gasteiger partial charge >= 0.3 is 11.9 Å². The molecule has 14 heteroatoms. The molecule has 0 spiro atoms. The predicted octanol–water partition coefficient (Wildman–Crippen LogP) is -1.05. The number of rotatable bonds is 17. The Morgan fingerprint density at radius 2 is 1.60 bits per heavy atom. The Labute approximate surface area is 230 Å². The summed E-state index contributed by atoms with van der Waals surface area (Å²) in [6.45, 7) is 1.58. The van der Waals surface area contributed by atoms with E-state index in [9.17, 15) is 34.2 Å². The van der Waals surface area contributed by atoms with Crippen LogP contribution in [0.4, 0.5) is 0 Å². The van der Waals surface area contributed by atoms with Gasteiger partial charge in [-0.15, -0.1) is 0 Å². The molecule has 0 saturated carbocycles. The van der Waals surface area contributed by atoms with Gasteiger partial charge in [0.1, 0.15) is 18.1 Å². The third kappa shape index (κ3) is 9.63. The number of amides is 3. The average molecular weight is 563 g/mol. The van der Waals surface area contributed by atoms with Crippen molar-refractivity contribution in [2.45, 2.75) is 75.7 Å². The molecule has 3 amide bonds. The molecule has 40 heavy (non-hydrogen) atoms. The number of H-pyrrole nitrogens is 1. The lowest BCUT2D eigenvalue weighted by Crippen LogP contribution is -2.59. The van der Waals surface area contributed by atoms with Crippen LogP contribution in [0, 0.1) is 0 Å². The van der Waals surface area contributed by atoms with Gasteiger partial charge in [0.2, 0.25) is 17.7 Å². The largest absolute Gasteiger partial charge is 0.481 e. The van der Waals surface area contributed by atoms with Crippen molar-refractivity contribution >= 4 is 40.6 Å². The highest BCUT2D eigenvalue weighted by Crippen LogP contribution is 2.19. The van der Waals surface area contributed by atoms with Gasteiger partial charge in [-0.1, -0.05) is 18.2 Å². The first kappa shape index (κ1) is 32.2. The van der Waals surface area contributed by atoms with Crippen LogP contribution in [0.15, 0.2) is 30.5 Å². The molecule has 2 rings (SSSR count). The summed E-state index contributed by atoms with van der Waals surface area (Å²) < 4.78 is 0. The molecule has 220 valence electrons. The molecule has 1 aromatic heterocycles. The maximum absolute atomic E-state index is 13.2. The predicted molar refractivity (Wildman–Crippen MR) is 145 cm³/mol. The molecular formula is C26H38N6O8. The molecule has 0 saturated heterocycles. The summed E-state index contributed by atoms with van der Waals surface area (Å²) in [6.07, 6.45) is 0.788. The van der Waals surface area contributed by atoms with Gasteiger partial charge in [-0.3, -0.25) is 19.2 Å². The third-order valence-corrected chi connectivity index (χ3v) is 6.36. The summed E-state index contributed by atoms with van der Waals surface area (Å²) in [5.41, 5.74) is 12.7. The van der Waals surface area contributed by atoms with Crippen LogP contribution in [0.25, 0.3) is 10.9 Å². The minimum absolute atomic E-state index is 0.0187. The van der Waals surface area contributed by atoms with Gasteiger partial charge in [0.05, 0.1) is 12.1 Å². The number of hydrogen-bond acceptors (Lipinski definition) is 8. The number of hydrogen-bond donors (Lipinski definition) is 9. The second kappa shape index (κ2) is 15.5. The van der Waals surface area contributed by atoms with Gasteiger partial charge in [-0.25, -0.2) is 4.79 Å². The van der Waals surface area contributed by atoms with Crippen molar-refractivity contribution in [1.29, 1.82) is 0 Å². The first-order valence-corrected chi connectivity index (χ1v) is 13.0. The lowest BCUT2D eigenvalue weighted by molar-refractivity contribution is -0.142. The Morgan fingerprint density at radius 1 is 0.925 bits per heavy atom. The fraction of sp³-hybridized carbons (Fsp3) is 0.500. The molecule has 5 unspecified atom stereocenters. The Bertz CT molecular complexity index is 1180. The Morgan fingerprint density at radius 3 is 2.23 bits per heavy atom. The molecule has 0 aliphatic heterocycles. The zero-order valence-corrected chi connectivity index (χ0v) is 22.3. The summed E-state index contributed by atoms with van der Waals surface area (Å²) in [5.74, 6) is -4.92. The van der Waals surface area contributed by atoms with Gasteiger partial charge in [0.15, 0.2) is 0 Å². The molecule has 0 radical (unpaired) electrons. The van der Waals surface area contributed by atoms with Gasteiger partial charge in [0, 0.05) is 29.9 Å². The number of nitrogens with one attached hydrogen (secondary N) is 4. The number of fused-ring (bicyclic) bond motifs is 1. The highest BCUT2D eigenvalue weighted by molar-refractivity contribution is 5.94. The zero-order valence-electron chi connectivity index (χ0n) is 22.3. The van der Waals surface area contributed by atoms with E-state index < -0.39 is 59.9 Å². The van der Waals surface area contributed by atoms with Crippen LogP contribution in [0.1, 0.15) is 44.6 Å². The molecule has 1 aromatic carbocycles. The average Bonchev–Trinajstić information content (AvgIpc) is 3.31. The van der Waals surface area contributed by atoms with E-state index in [0.717, 1.165) is 10.9 Å². The molecule has 0 aliphatic carbocycles. The molecule has 2 aromatic rings. The van der Waals surface area contributed by atoms with Crippen molar-refractivity contribution in [3.8, 4) is 0 Å². The van der Waals surface area contributed by atoms with E-state index in [4.69, 9.17) is 16.6 Å². The minimum Gasteiger partial charge on any atom is -0.481 e. The molecule has 11 N–H and O–H groups in total. The smallest absolute Gasteiger partial charge is 0.326 e. The van der Waals surface area contributed by atoms with Crippen LogP contribution >= 0.6 is 0 Å². The second-order valence-corrected chi connectivity index (χ2v) is 9.57. The van der Waals surface area contributed by atoms with E-state index in [1.807, 2.05) is 24.3 Å². The van der Waals surface area contributed by atoms with Crippen molar-refractivity contribution in [3.05, 3.63) is 36.0 Å². The van der Waals surface area contributed by atoms with Gasteiger partial charge < -0.3 is 47.7 Å². The number of unbranched alkanes of at least 4 members (excludes halogenated alkanes) is 1. The summed E-state index contributed by atoms with van der Waals surface area (Å²) in [6, 6.07) is 2.07. The summed E-state index contributed by atoms with van der Waals surface area (Å²) in [5, 5.41) is 36.8. The number of aliphatic hydroxyl groups is 1. The molecular weight excluding hydrogens is 524 g/mol. The molecule has 0 fully saturated rings. The normalized spacial score (nSPS) is 14.9. The van der Waals surface area contributed by atoms with Crippen molar-refractivity contribution in [1.82, 2.24) is 20.9 Å². The number of aromatic nitrogens is 1. The summed E-state index contributed by atoms with van der Waals surface area (Å²) >= 11 is 0. The van der Waals surface area contributed by atoms with Crippen molar-refractivity contribution in [2.24, 2.45) is 11.5 Å². The molecule has 0 bridgehead atoms. The molecule has 1 heterocycles. The number of carbonyl (C=O) groups is 5. The highest BCUT2D eigenvalue weighted by Gasteiger charge is 2.32. The SMILES string of the molecule is CC(O)C(NC(=O)C(N)CCC(=O)O)C(=O)NC(CCCCN)C(=O)NC(Cc1c[nH]c2ccccc12)C(=O)O.